The van der Waals surface area contributed by atoms with Gasteiger partial charge in [0, 0.05) is 34.6 Å². The summed E-state index contributed by atoms with van der Waals surface area (Å²) >= 11 is 1.63. The number of hydrogen-bond acceptors (Lipinski definition) is 6. The highest BCUT2D eigenvalue weighted by Crippen LogP contribution is 2.29. The summed E-state index contributed by atoms with van der Waals surface area (Å²) in [5.41, 5.74) is 3.43. The minimum atomic E-state index is 0.152. The molecule has 0 saturated heterocycles. The fourth-order valence-electron chi connectivity index (χ4n) is 2.87. The van der Waals surface area contributed by atoms with E-state index < -0.39 is 0 Å². The van der Waals surface area contributed by atoms with E-state index in [0.717, 1.165) is 32.4 Å². The number of anilines is 1. The fourth-order valence-corrected chi connectivity index (χ4v) is 3.73. The van der Waals surface area contributed by atoms with Crippen molar-refractivity contribution in [3.05, 3.63) is 71.3 Å². The van der Waals surface area contributed by atoms with Crippen LogP contribution in [0.2, 0.25) is 0 Å². The van der Waals surface area contributed by atoms with Crippen LogP contribution in [0.5, 0.6) is 5.75 Å². The maximum absolute atomic E-state index is 7.30. The minimum Gasteiger partial charge on any atom is -0.491 e. The molecule has 150 valence electrons. The average Bonchev–Trinajstić information content (AvgIpc) is 3.44. The van der Waals surface area contributed by atoms with Crippen molar-refractivity contribution in [3.8, 4) is 27.6 Å². The van der Waals surface area contributed by atoms with Crippen molar-refractivity contribution in [3.63, 3.8) is 0 Å². The Morgan fingerprint density at radius 3 is 2.70 bits per heavy atom. The summed E-state index contributed by atoms with van der Waals surface area (Å²) in [5, 5.41) is 11.0. The highest BCUT2D eigenvalue weighted by atomic mass is 32.1. The van der Waals surface area contributed by atoms with Crippen molar-refractivity contribution in [1.29, 1.82) is 0 Å². The van der Waals surface area contributed by atoms with Gasteiger partial charge in [-0.15, -0.1) is 16.3 Å². The van der Waals surface area contributed by atoms with Crippen molar-refractivity contribution in [1.82, 2.24) is 20.2 Å². The Hall–Kier alpha value is -3.70. The fraction of sp³-hybridized carbons (Fsp3) is 0.182. The van der Waals surface area contributed by atoms with Crippen LogP contribution in [-0.4, -0.2) is 26.3 Å². The molecule has 0 saturated carbocycles. The molecule has 0 aliphatic heterocycles. The van der Waals surface area contributed by atoms with E-state index >= 15 is 0 Å². The Balaban J connectivity index is 1.46. The molecule has 7 nitrogen and oxygen atoms in total. The van der Waals surface area contributed by atoms with Gasteiger partial charge in [-0.3, -0.25) is 5.10 Å². The highest BCUT2D eigenvalue weighted by molar-refractivity contribution is 7.15. The molecule has 0 atom stereocenters. The van der Waals surface area contributed by atoms with Gasteiger partial charge in [0.05, 0.1) is 24.4 Å². The number of nitrogens with zero attached hydrogens (tertiary/aromatic N) is 4. The van der Waals surface area contributed by atoms with Gasteiger partial charge >= 0.3 is 0 Å². The van der Waals surface area contributed by atoms with Crippen LogP contribution in [0.4, 0.5) is 11.5 Å². The lowest BCUT2D eigenvalue weighted by molar-refractivity contribution is 0.242. The number of benzene rings is 1. The Morgan fingerprint density at radius 2 is 2.00 bits per heavy atom. The molecule has 3 aromatic heterocycles. The zero-order valence-electron chi connectivity index (χ0n) is 16.6. The summed E-state index contributed by atoms with van der Waals surface area (Å²) < 4.78 is 5.69. The third kappa shape index (κ3) is 4.64. The number of aromatic nitrogens is 4. The molecule has 0 amide bonds. The summed E-state index contributed by atoms with van der Waals surface area (Å²) in [4.78, 5) is 13.5. The van der Waals surface area contributed by atoms with Crippen LogP contribution in [0.25, 0.3) is 26.7 Å². The Kier molecular flexibility index (Phi) is 5.72. The third-order valence-electron chi connectivity index (χ3n) is 4.21. The monoisotopic (exact) mass is 416 g/mol. The minimum absolute atomic E-state index is 0.152. The van der Waals surface area contributed by atoms with Crippen LogP contribution in [0.15, 0.2) is 55.0 Å². The van der Waals surface area contributed by atoms with E-state index in [1.807, 2.05) is 50.4 Å². The molecular weight excluding hydrogens is 396 g/mol. The van der Waals surface area contributed by atoms with E-state index in [2.05, 4.69) is 30.3 Å². The second-order valence-electron chi connectivity index (χ2n) is 6.87. The van der Waals surface area contributed by atoms with E-state index in [-0.39, 0.29) is 6.10 Å². The van der Waals surface area contributed by atoms with Gasteiger partial charge in [-0.1, -0.05) is 6.57 Å². The summed E-state index contributed by atoms with van der Waals surface area (Å²) in [6, 6.07) is 11.6. The summed E-state index contributed by atoms with van der Waals surface area (Å²) in [5.74, 6) is 1.19. The van der Waals surface area contributed by atoms with Crippen LogP contribution < -0.4 is 10.1 Å². The smallest absolute Gasteiger partial charge is 0.272 e. The highest BCUT2D eigenvalue weighted by Gasteiger charge is 2.10. The second-order valence-corrected chi connectivity index (χ2v) is 7.99. The molecule has 2 N–H and O–H groups in total. The number of H-pyrrole nitrogens is 1. The largest absolute Gasteiger partial charge is 0.491 e. The van der Waals surface area contributed by atoms with Crippen molar-refractivity contribution in [2.24, 2.45) is 0 Å². The van der Waals surface area contributed by atoms with E-state index in [0.29, 0.717) is 18.1 Å². The van der Waals surface area contributed by atoms with Gasteiger partial charge in [0.1, 0.15) is 10.8 Å². The summed E-state index contributed by atoms with van der Waals surface area (Å²) in [6.07, 6.45) is 5.47. The molecule has 0 fully saturated rings. The van der Waals surface area contributed by atoms with Crippen molar-refractivity contribution in [2.45, 2.75) is 26.5 Å². The molecule has 0 spiro atoms. The Labute approximate surface area is 178 Å². The van der Waals surface area contributed by atoms with Crippen molar-refractivity contribution in [2.75, 3.05) is 5.32 Å². The molecule has 4 aromatic rings. The molecule has 0 aliphatic carbocycles. The topological polar surface area (TPSA) is 80.1 Å². The number of ether oxygens (including phenoxy) is 1. The van der Waals surface area contributed by atoms with Gasteiger partial charge in [-0.2, -0.15) is 5.10 Å². The molecule has 0 bridgehead atoms. The maximum Gasteiger partial charge on any atom is 0.272 e. The van der Waals surface area contributed by atoms with Crippen LogP contribution in [-0.2, 0) is 6.54 Å². The van der Waals surface area contributed by atoms with Crippen molar-refractivity contribution < 1.29 is 4.74 Å². The number of hydrogen-bond donors (Lipinski definition) is 2. The zero-order valence-corrected chi connectivity index (χ0v) is 17.4. The van der Waals surface area contributed by atoms with Gasteiger partial charge in [0.2, 0.25) is 0 Å². The van der Waals surface area contributed by atoms with Gasteiger partial charge in [-0.05, 0) is 44.2 Å². The van der Waals surface area contributed by atoms with Gasteiger partial charge in [0.25, 0.3) is 5.82 Å². The number of thiazole rings is 1. The lowest BCUT2D eigenvalue weighted by Crippen LogP contribution is -2.05. The first kappa shape index (κ1) is 19.6. The van der Waals surface area contributed by atoms with E-state index in [9.17, 15) is 0 Å². The van der Waals surface area contributed by atoms with Gasteiger partial charge in [-0.25, -0.2) is 4.98 Å². The van der Waals surface area contributed by atoms with E-state index in [1.165, 1.54) is 0 Å². The zero-order chi connectivity index (χ0) is 20.9. The first-order valence-electron chi connectivity index (χ1n) is 9.45. The maximum atomic E-state index is 7.30. The first-order valence-corrected chi connectivity index (χ1v) is 10.3. The van der Waals surface area contributed by atoms with Crippen LogP contribution in [0, 0.1) is 6.57 Å². The van der Waals surface area contributed by atoms with Crippen molar-refractivity contribution >= 4 is 22.8 Å². The van der Waals surface area contributed by atoms with E-state index in [1.54, 1.807) is 29.8 Å². The molecule has 30 heavy (non-hydrogen) atoms. The van der Waals surface area contributed by atoms with Gasteiger partial charge < -0.3 is 14.9 Å². The summed E-state index contributed by atoms with van der Waals surface area (Å²) in [7, 11) is 0. The average molecular weight is 417 g/mol. The van der Waals surface area contributed by atoms with Crippen LogP contribution in [0.3, 0.4) is 0 Å². The lowest BCUT2D eigenvalue weighted by Gasteiger charge is -2.09. The predicted molar refractivity (Wildman–Crippen MR) is 119 cm³/mol. The quantitative estimate of drug-likeness (QED) is 0.386. The molecular formula is C22H20N6OS. The normalized spacial score (nSPS) is 10.7. The number of aromatic amines is 1. The summed E-state index contributed by atoms with van der Waals surface area (Å²) in [6.45, 7) is 11.9. The SMILES string of the molecule is [C-]#[N+]c1cc(NCc2cnc(-c3ccc(OC(C)C)cc3)s2)cc(-c2cn[nH]c2)n1. The predicted octanol–water partition coefficient (Wildman–Crippen LogP) is 5.55. The lowest BCUT2D eigenvalue weighted by atomic mass is 10.2. The van der Waals surface area contributed by atoms with Crippen LogP contribution >= 0.6 is 11.3 Å². The number of pyridine rings is 1. The molecule has 0 radical (unpaired) electrons. The standard InChI is InChI=1S/C22H20N6OS/c1-14(2)29-18-6-4-15(5-7-18)22-25-13-19(30-22)12-24-17-8-20(16-10-26-27-11-16)28-21(9-17)23-3/h4-11,13-14H,12H2,1-2H3,(H,24,28)(H,26,27). The first-order chi connectivity index (χ1) is 14.6. The molecule has 0 unspecified atom stereocenters. The number of nitrogens with one attached hydrogen (secondary N) is 2. The van der Waals surface area contributed by atoms with Crippen LogP contribution in [0.1, 0.15) is 18.7 Å². The Bertz CT molecular complexity index is 1160. The van der Waals surface area contributed by atoms with Gasteiger partial charge in [0.15, 0.2) is 5.69 Å². The molecule has 3 heterocycles. The number of rotatable bonds is 7. The molecule has 8 heteroatoms. The third-order valence-corrected chi connectivity index (χ3v) is 5.26. The molecule has 1 aromatic carbocycles. The second kappa shape index (κ2) is 8.76. The molecule has 0 aliphatic rings. The molecule has 4 rings (SSSR count). The Morgan fingerprint density at radius 1 is 1.17 bits per heavy atom. The van der Waals surface area contributed by atoms with E-state index in [4.69, 9.17) is 11.3 Å².